The van der Waals surface area contributed by atoms with Crippen molar-refractivity contribution in [2.75, 3.05) is 0 Å². The lowest BCUT2D eigenvalue weighted by Crippen LogP contribution is -2.11. The summed E-state index contributed by atoms with van der Waals surface area (Å²) in [7, 11) is 0. The van der Waals surface area contributed by atoms with Gasteiger partial charge in [-0.2, -0.15) is 31.4 Å². The van der Waals surface area contributed by atoms with Crippen molar-refractivity contribution in [2.45, 2.75) is 12.4 Å². The molecular formula is C18H9F7N4O2. The Bertz CT molecular complexity index is 1120. The van der Waals surface area contributed by atoms with Crippen molar-refractivity contribution in [3.05, 3.63) is 65.6 Å². The summed E-state index contributed by atoms with van der Waals surface area (Å²) in [6, 6.07) is 0.534. The van der Waals surface area contributed by atoms with Crippen molar-refractivity contribution in [3.8, 4) is 11.3 Å². The second kappa shape index (κ2) is 7.81. The molecule has 0 amide bonds. The van der Waals surface area contributed by atoms with Gasteiger partial charge in [-0.25, -0.2) is 23.8 Å². The first kappa shape index (κ1) is 21.9. The number of hydrogen-bond donors (Lipinski definition) is 1. The van der Waals surface area contributed by atoms with Crippen LogP contribution in [0.2, 0.25) is 0 Å². The van der Waals surface area contributed by atoms with Crippen molar-refractivity contribution < 1.29 is 40.6 Å². The zero-order valence-electron chi connectivity index (χ0n) is 14.9. The highest BCUT2D eigenvalue weighted by atomic mass is 19.4. The topological polar surface area (TPSA) is 80.9 Å². The van der Waals surface area contributed by atoms with Crippen LogP contribution < -0.4 is 0 Å². The second-order valence-corrected chi connectivity index (χ2v) is 6.08. The van der Waals surface area contributed by atoms with Crippen LogP contribution in [-0.2, 0) is 17.1 Å². The highest BCUT2D eigenvalue weighted by molar-refractivity contribution is 6.19. The van der Waals surface area contributed by atoms with E-state index in [2.05, 4.69) is 15.1 Å². The number of carbonyl (C=O) groups is 1. The van der Waals surface area contributed by atoms with E-state index in [9.17, 15) is 40.6 Å². The number of rotatable bonds is 4. The van der Waals surface area contributed by atoms with Crippen LogP contribution in [0.25, 0.3) is 23.0 Å². The van der Waals surface area contributed by atoms with Gasteiger partial charge in [0, 0.05) is 29.7 Å². The zero-order chi connectivity index (χ0) is 23.0. The number of halogens is 7. The minimum atomic E-state index is -5.13. The highest BCUT2D eigenvalue weighted by Crippen LogP contribution is 2.38. The first-order valence-electron chi connectivity index (χ1n) is 8.11. The summed E-state index contributed by atoms with van der Waals surface area (Å²) in [6.07, 6.45) is -5.44. The zero-order valence-corrected chi connectivity index (χ0v) is 14.9. The molecule has 0 radical (unpaired) electrons. The minimum absolute atomic E-state index is 0.00545. The Kier molecular flexibility index (Phi) is 5.53. The molecular weight excluding hydrogens is 437 g/mol. The SMILES string of the molecule is O=C(O)/C(=C/n1cc(F)c(-c2cc(C(F)(F)F)cc(C(F)(F)F)c2)n1)c1cncnc1. The van der Waals surface area contributed by atoms with Gasteiger partial charge in [-0.1, -0.05) is 0 Å². The Morgan fingerprint density at radius 2 is 1.52 bits per heavy atom. The summed E-state index contributed by atoms with van der Waals surface area (Å²) in [5.41, 5.74) is -5.35. The quantitative estimate of drug-likeness (QED) is 0.468. The van der Waals surface area contributed by atoms with Gasteiger partial charge in [-0.3, -0.25) is 0 Å². The summed E-state index contributed by atoms with van der Waals surface area (Å²) in [5, 5.41) is 12.9. The first-order valence-corrected chi connectivity index (χ1v) is 8.11. The number of aromatic nitrogens is 4. The van der Waals surface area contributed by atoms with E-state index in [1.54, 1.807) is 0 Å². The summed E-state index contributed by atoms with van der Waals surface area (Å²) < 4.78 is 93.2. The van der Waals surface area contributed by atoms with Crippen LogP contribution >= 0.6 is 0 Å². The van der Waals surface area contributed by atoms with E-state index in [-0.39, 0.29) is 11.6 Å². The molecule has 162 valence electrons. The third kappa shape index (κ3) is 4.87. The average Bonchev–Trinajstić information content (AvgIpc) is 3.05. The number of hydrogen-bond acceptors (Lipinski definition) is 4. The molecule has 0 atom stereocenters. The summed E-state index contributed by atoms with van der Waals surface area (Å²) in [5.74, 6) is -2.75. The molecule has 0 saturated heterocycles. The van der Waals surface area contributed by atoms with E-state index in [0.717, 1.165) is 24.9 Å². The van der Waals surface area contributed by atoms with Gasteiger partial charge in [0.1, 0.15) is 12.0 Å². The second-order valence-electron chi connectivity index (χ2n) is 6.08. The van der Waals surface area contributed by atoms with E-state index in [1.807, 2.05) is 0 Å². The lowest BCUT2D eigenvalue weighted by molar-refractivity contribution is -0.143. The monoisotopic (exact) mass is 446 g/mol. The van der Waals surface area contributed by atoms with Crippen LogP contribution in [0.4, 0.5) is 30.7 Å². The van der Waals surface area contributed by atoms with E-state index in [1.165, 1.54) is 0 Å². The average molecular weight is 446 g/mol. The third-order valence-electron chi connectivity index (χ3n) is 3.91. The molecule has 13 heteroatoms. The van der Waals surface area contributed by atoms with Gasteiger partial charge in [0.15, 0.2) is 5.82 Å². The summed E-state index contributed by atoms with van der Waals surface area (Å²) in [4.78, 5) is 18.7. The molecule has 0 unspecified atom stereocenters. The van der Waals surface area contributed by atoms with Gasteiger partial charge >= 0.3 is 18.3 Å². The Labute approximate surface area is 168 Å². The number of carboxylic acids is 1. The Morgan fingerprint density at radius 1 is 0.968 bits per heavy atom. The molecule has 1 N–H and O–H groups in total. The van der Waals surface area contributed by atoms with E-state index >= 15 is 0 Å². The Balaban J connectivity index is 2.13. The molecule has 0 fully saturated rings. The maximum Gasteiger partial charge on any atom is 0.416 e. The predicted octanol–water partition coefficient (Wildman–Crippen LogP) is 4.60. The molecule has 0 spiro atoms. The molecule has 0 aliphatic heterocycles. The largest absolute Gasteiger partial charge is 0.478 e. The van der Waals surface area contributed by atoms with Gasteiger partial charge in [-0.05, 0) is 18.2 Å². The molecule has 1 aromatic carbocycles. The lowest BCUT2D eigenvalue weighted by atomic mass is 10.0. The van der Waals surface area contributed by atoms with Gasteiger partial charge < -0.3 is 5.11 Å². The maximum atomic E-state index is 14.4. The predicted molar refractivity (Wildman–Crippen MR) is 91.5 cm³/mol. The third-order valence-corrected chi connectivity index (χ3v) is 3.91. The molecule has 3 aromatic rings. The molecule has 0 aliphatic rings. The molecule has 2 aromatic heterocycles. The van der Waals surface area contributed by atoms with Crippen molar-refractivity contribution in [1.82, 2.24) is 19.7 Å². The number of benzene rings is 1. The fourth-order valence-electron chi connectivity index (χ4n) is 2.55. The fraction of sp³-hybridized carbons (Fsp3) is 0.111. The molecule has 0 aliphatic carbocycles. The van der Waals surface area contributed by atoms with E-state index in [0.29, 0.717) is 23.0 Å². The Morgan fingerprint density at radius 3 is 2.00 bits per heavy atom. The van der Waals surface area contributed by atoms with Crippen LogP contribution in [0.1, 0.15) is 16.7 Å². The maximum absolute atomic E-state index is 14.4. The molecule has 0 saturated carbocycles. The highest BCUT2D eigenvalue weighted by Gasteiger charge is 2.37. The summed E-state index contributed by atoms with van der Waals surface area (Å²) in [6.45, 7) is 0. The van der Waals surface area contributed by atoms with E-state index in [4.69, 9.17) is 0 Å². The molecule has 0 bridgehead atoms. The first-order chi connectivity index (χ1) is 14.4. The van der Waals surface area contributed by atoms with Crippen molar-refractivity contribution in [2.24, 2.45) is 0 Å². The van der Waals surface area contributed by atoms with E-state index < -0.39 is 52.1 Å². The fourth-order valence-corrected chi connectivity index (χ4v) is 2.55. The van der Waals surface area contributed by atoms with Crippen LogP contribution in [0.15, 0.2) is 43.1 Å². The smallest absolute Gasteiger partial charge is 0.416 e. The number of carboxylic acid groups (broad SMARTS) is 1. The minimum Gasteiger partial charge on any atom is -0.478 e. The van der Waals surface area contributed by atoms with Gasteiger partial charge in [0.05, 0.1) is 22.9 Å². The van der Waals surface area contributed by atoms with Crippen molar-refractivity contribution in [3.63, 3.8) is 0 Å². The van der Waals surface area contributed by atoms with Crippen LogP contribution in [0.3, 0.4) is 0 Å². The van der Waals surface area contributed by atoms with Crippen LogP contribution in [0, 0.1) is 5.82 Å². The van der Waals surface area contributed by atoms with Gasteiger partial charge in [0.2, 0.25) is 0 Å². The molecule has 2 heterocycles. The Hall–Kier alpha value is -3.77. The summed E-state index contributed by atoms with van der Waals surface area (Å²) >= 11 is 0. The number of alkyl halides is 6. The lowest BCUT2D eigenvalue weighted by Gasteiger charge is -2.13. The van der Waals surface area contributed by atoms with Gasteiger partial charge in [0.25, 0.3) is 0 Å². The number of nitrogens with zero attached hydrogens (tertiary/aromatic N) is 4. The van der Waals surface area contributed by atoms with Crippen LogP contribution in [0.5, 0.6) is 0 Å². The van der Waals surface area contributed by atoms with Crippen LogP contribution in [-0.4, -0.2) is 30.8 Å². The van der Waals surface area contributed by atoms with Crippen molar-refractivity contribution in [1.29, 1.82) is 0 Å². The number of aliphatic carboxylic acids is 1. The molecule has 3 rings (SSSR count). The normalized spacial score (nSPS) is 12.8. The molecule has 6 nitrogen and oxygen atoms in total. The van der Waals surface area contributed by atoms with Crippen molar-refractivity contribution >= 4 is 17.7 Å². The standard InChI is InChI=1S/C18H9F7N4O2/c19-14-7-29(6-13(16(30)31)10-4-26-8-27-5-10)28-15(14)9-1-11(17(20,21)22)3-12(2-9)18(23,24)25/h1-8H,(H,30,31)/b13-6+. The van der Waals surface area contributed by atoms with Gasteiger partial charge in [-0.15, -0.1) is 0 Å². The molecule has 31 heavy (non-hydrogen) atoms.